The fraction of sp³-hybridized carbons (Fsp3) is 0.0455. The maximum absolute atomic E-state index is 14.7. The molecule has 1 aliphatic heterocycles. The molecule has 8 nitrogen and oxygen atoms in total. The summed E-state index contributed by atoms with van der Waals surface area (Å²) in [5.74, 6) is -3.13. The zero-order valence-corrected chi connectivity index (χ0v) is 15.8. The highest BCUT2D eigenvalue weighted by Gasteiger charge is 2.48. The van der Waals surface area contributed by atoms with Gasteiger partial charge in [0.1, 0.15) is 17.4 Å². The molecule has 0 aliphatic carbocycles. The van der Waals surface area contributed by atoms with Gasteiger partial charge in [0.2, 0.25) is 0 Å². The molecule has 0 radical (unpaired) electrons. The quantitative estimate of drug-likeness (QED) is 0.226. The van der Waals surface area contributed by atoms with Gasteiger partial charge >= 0.3 is 5.91 Å². The van der Waals surface area contributed by atoms with E-state index in [1.54, 1.807) is 18.2 Å². The Bertz CT molecular complexity index is 1230. The van der Waals surface area contributed by atoms with E-state index in [-0.39, 0.29) is 28.2 Å². The van der Waals surface area contributed by atoms with Crippen LogP contribution in [0.15, 0.2) is 78.5 Å². The van der Waals surface area contributed by atoms with E-state index in [0.717, 1.165) is 17.0 Å². The first kappa shape index (κ1) is 19.9. The van der Waals surface area contributed by atoms with Crippen LogP contribution < -0.4 is 4.90 Å². The molecule has 31 heavy (non-hydrogen) atoms. The standard InChI is InChI=1S/C22H14FN3O5/c23-16-6-2-1-5-15(16)19-18(20(27)13-8-10-14(11-9-13)26(30)31)21(28)22(29)25(19)17-7-3-4-12-24-17/h1-12,19,27H/t19-/m0/s1. The van der Waals surface area contributed by atoms with Crippen molar-refractivity contribution < 1.29 is 24.0 Å². The van der Waals surface area contributed by atoms with Crippen LogP contribution in [-0.2, 0) is 9.59 Å². The van der Waals surface area contributed by atoms with Crippen molar-refractivity contribution in [2.45, 2.75) is 6.04 Å². The Balaban J connectivity index is 1.93. The van der Waals surface area contributed by atoms with Crippen molar-refractivity contribution in [1.29, 1.82) is 0 Å². The van der Waals surface area contributed by atoms with Crippen LogP contribution in [0.5, 0.6) is 0 Å². The number of ketones is 1. The number of pyridine rings is 1. The van der Waals surface area contributed by atoms with Gasteiger partial charge in [0.05, 0.1) is 16.5 Å². The van der Waals surface area contributed by atoms with Crippen molar-refractivity contribution in [2.75, 3.05) is 4.90 Å². The number of rotatable bonds is 4. The molecule has 1 saturated heterocycles. The molecular weight excluding hydrogens is 405 g/mol. The highest BCUT2D eigenvalue weighted by molar-refractivity contribution is 6.51. The van der Waals surface area contributed by atoms with Crippen molar-refractivity contribution in [3.63, 3.8) is 0 Å². The number of Topliss-reactive ketones (excluding diaryl/α,β-unsaturated/α-hetero) is 1. The molecule has 0 bridgehead atoms. The number of nitro benzene ring substituents is 1. The second-order valence-electron chi connectivity index (χ2n) is 6.68. The molecule has 2 aromatic carbocycles. The van der Waals surface area contributed by atoms with Crippen molar-refractivity contribution >= 4 is 29.0 Å². The number of amides is 1. The molecule has 4 rings (SSSR count). The summed E-state index contributed by atoms with van der Waals surface area (Å²) in [7, 11) is 0. The van der Waals surface area contributed by atoms with Gasteiger partial charge in [-0.1, -0.05) is 24.3 Å². The summed E-state index contributed by atoms with van der Waals surface area (Å²) in [6, 6.07) is 13.8. The average Bonchev–Trinajstić information content (AvgIpc) is 3.04. The van der Waals surface area contributed by atoms with Crippen LogP contribution in [0.2, 0.25) is 0 Å². The molecule has 1 fully saturated rings. The normalized spacial score (nSPS) is 17.7. The number of aromatic nitrogens is 1. The Labute approximate surface area is 175 Å². The summed E-state index contributed by atoms with van der Waals surface area (Å²) in [5, 5.41) is 21.8. The first-order valence-corrected chi connectivity index (χ1v) is 9.11. The summed E-state index contributed by atoms with van der Waals surface area (Å²) in [4.78, 5) is 41.2. The lowest BCUT2D eigenvalue weighted by molar-refractivity contribution is -0.384. The number of carbonyl (C=O) groups is 2. The van der Waals surface area contributed by atoms with E-state index in [4.69, 9.17) is 0 Å². The number of nitrogens with zero attached hydrogens (tertiary/aromatic N) is 3. The fourth-order valence-corrected chi connectivity index (χ4v) is 3.45. The van der Waals surface area contributed by atoms with Crippen LogP contribution >= 0.6 is 0 Å². The van der Waals surface area contributed by atoms with Crippen LogP contribution in [0.1, 0.15) is 17.2 Å². The topological polar surface area (TPSA) is 114 Å². The molecule has 1 amide bonds. The number of benzene rings is 2. The molecule has 2 heterocycles. The Morgan fingerprint density at radius 3 is 2.32 bits per heavy atom. The lowest BCUT2D eigenvalue weighted by atomic mass is 9.95. The SMILES string of the molecule is O=C1C(=O)N(c2ccccn2)[C@@H](c2ccccc2F)C1=C(O)c1ccc([N+](=O)[O-])cc1. The van der Waals surface area contributed by atoms with Crippen molar-refractivity contribution in [3.8, 4) is 0 Å². The van der Waals surface area contributed by atoms with E-state index < -0.39 is 34.2 Å². The minimum Gasteiger partial charge on any atom is -0.507 e. The molecule has 1 aliphatic rings. The van der Waals surface area contributed by atoms with E-state index in [9.17, 15) is 29.2 Å². The van der Waals surface area contributed by atoms with Gasteiger partial charge in [0.15, 0.2) is 0 Å². The van der Waals surface area contributed by atoms with Crippen LogP contribution in [0, 0.1) is 15.9 Å². The number of hydrogen-bond donors (Lipinski definition) is 1. The number of nitro groups is 1. The minimum atomic E-state index is -1.27. The van der Waals surface area contributed by atoms with E-state index >= 15 is 0 Å². The number of halogens is 1. The number of aliphatic hydroxyl groups is 1. The zero-order chi connectivity index (χ0) is 22.1. The van der Waals surface area contributed by atoms with Gasteiger partial charge in [0.25, 0.3) is 11.5 Å². The zero-order valence-electron chi connectivity index (χ0n) is 15.8. The van der Waals surface area contributed by atoms with Crippen molar-refractivity contribution in [2.24, 2.45) is 0 Å². The van der Waals surface area contributed by atoms with Gasteiger partial charge in [-0.05, 0) is 30.3 Å². The third kappa shape index (κ3) is 3.42. The highest BCUT2D eigenvalue weighted by Crippen LogP contribution is 2.42. The first-order chi connectivity index (χ1) is 14.9. The third-order valence-electron chi connectivity index (χ3n) is 4.89. The lowest BCUT2D eigenvalue weighted by Gasteiger charge is -2.24. The fourth-order valence-electron chi connectivity index (χ4n) is 3.45. The van der Waals surface area contributed by atoms with Gasteiger partial charge in [-0.2, -0.15) is 0 Å². The molecule has 1 atom stereocenters. The molecular formula is C22H14FN3O5. The number of aliphatic hydroxyl groups excluding tert-OH is 1. The first-order valence-electron chi connectivity index (χ1n) is 9.11. The molecule has 0 saturated carbocycles. The van der Waals surface area contributed by atoms with Crippen LogP contribution in [0.3, 0.4) is 0 Å². The summed E-state index contributed by atoms with van der Waals surface area (Å²) in [6.07, 6.45) is 1.42. The average molecular weight is 419 g/mol. The summed E-state index contributed by atoms with van der Waals surface area (Å²) >= 11 is 0. The van der Waals surface area contributed by atoms with Crippen LogP contribution in [-0.4, -0.2) is 26.7 Å². The molecule has 9 heteroatoms. The number of anilines is 1. The highest BCUT2D eigenvalue weighted by atomic mass is 19.1. The number of carbonyl (C=O) groups excluding carboxylic acids is 2. The maximum atomic E-state index is 14.7. The maximum Gasteiger partial charge on any atom is 0.301 e. The van der Waals surface area contributed by atoms with Gasteiger partial charge < -0.3 is 5.11 Å². The number of hydrogen-bond acceptors (Lipinski definition) is 6. The van der Waals surface area contributed by atoms with E-state index in [1.165, 1.54) is 42.6 Å². The lowest BCUT2D eigenvalue weighted by Crippen LogP contribution is -2.30. The molecule has 3 aromatic rings. The minimum absolute atomic E-state index is 0.00388. The van der Waals surface area contributed by atoms with Crippen LogP contribution in [0.4, 0.5) is 15.9 Å². The largest absolute Gasteiger partial charge is 0.507 e. The molecule has 1 aromatic heterocycles. The Kier molecular flexibility index (Phi) is 5.00. The summed E-state index contributed by atoms with van der Waals surface area (Å²) < 4.78 is 14.7. The Morgan fingerprint density at radius 2 is 1.71 bits per heavy atom. The van der Waals surface area contributed by atoms with Gasteiger partial charge in [-0.25, -0.2) is 9.37 Å². The van der Waals surface area contributed by atoms with Gasteiger partial charge in [-0.3, -0.25) is 24.6 Å². The van der Waals surface area contributed by atoms with Crippen molar-refractivity contribution in [1.82, 2.24) is 4.98 Å². The van der Waals surface area contributed by atoms with E-state index in [2.05, 4.69) is 4.98 Å². The second kappa shape index (κ2) is 7.79. The Hall–Kier alpha value is -4.40. The van der Waals surface area contributed by atoms with Crippen molar-refractivity contribution in [3.05, 3.63) is 106 Å². The molecule has 154 valence electrons. The monoisotopic (exact) mass is 419 g/mol. The van der Waals surface area contributed by atoms with Gasteiger partial charge in [-0.15, -0.1) is 0 Å². The summed E-state index contributed by atoms with van der Waals surface area (Å²) in [5.41, 5.74) is -0.479. The van der Waals surface area contributed by atoms with E-state index in [0.29, 0.717) is 0 Å². The smallest absolute Gasteiger partial charge is 0.301 e. The summed E-state index contributed by atoms with van der Waals surface area (Å²) in [6.45, 7) is 0. The molecule has 0 unspecified atom stereocenters. The predicted octanol–water partition coefficient (Wildman–Crippen LogP) is 3.76. The molecule has 0 spiro atoms. The predicted molar refractivity (Wildman–Crippen MR) is 109 cm³/mol. The Morgan fingerprint density at radius 1 is 1.03 bits per heavy atom. The number of non-ortho nitro benzene ring substituents is 1. The van der Waals surface area contributed by atoms with E-state index in [1.807, 2.05) is 0 Å². The molecule has 1 N–H and O–H groups in total. The second-order valence-corrected chi connectivity index (χ2v) is 6.68. The van der Waals surface area contributed by atoms with Crippen LogP contribution in [0.25, 0.3) is 5.76 Å². The van der Waals surface area contributed by atoms with Gasteiger partial charge in [0, 0.05) is 29.5 Å². The third-order valence-corrected chi connectivity index (χ3v) is 4.89.